The number of nitrogens with two attached hydrogens (primary N) is 2. The molecule has 2 aromatic rings. The summed E-state index contributed by atoms with van der Waals surface area (Å²) >= 11 is 0. The van der Waals surface area contributed by atoms with E-state index in [1.807, 2.05) is 18.2 Å². The maximum atomic E-state index is 12.1. The van der Waals surface area contributed by atoms with Crippen LogP contribution in [0.25, 0.3) is 0 Å². The number of rotatable bonds is 4. The van der Waals surface area contributed by atoms with Crippen LogP contribution in [-0.2, 0) is 0 Å². The van der Waals surface area contributed by atoms with Gasteiger partial charge < -0.3 is 27.0 Å². The van der Waals surface area contributed by atoms with Gasteiger partial charge in [0.05, 0.1) is 0 Å². The molecule has 2 heterocycles. The van der Waals surface area contributed by atoms with E-state index >= 15 is 0 Å². The summed E-state index contributed by atoms with van der Waals surface area (Å²) in [7, 11) is 0. The minimum atomic E-state index is -0.230. The van der Waals surface area contributed by atoms with E-state index in [0.717, 1.165) is 19.6 Å². The molecule has 1 aromatic heterocycles. The number of benzene rings is 1. The number of amides is 2. The van der Waals surface area contributed by atoms with Crippen LogP contribution in [-0.4, -0.2) is 47.1 Å². The van der Waals surface area contributed by atoms with E-state index in [-0.39, 0.29) is 17.7 Å². The number of anilines is 3. The number of hydrogen-bond acceptors (Lipinski definition) is 6. The zero-order chi connectivity index (χ0) is 19.8. The predicted octanol–water partition coefficient (Wildman–Crippen LogP) is 1.65. The summed E-state index contributed by atoms with van der Waals surface area (Å²) in [4.78, 5) is 22.3. The highest BCUT2D eigenvalue weighted by molar-refractivity contribution is 5.89. The molecule has 0 saturated carbocycles. The average Bonchev–Trinajstić information content (AvgIpc) is 2.69. The summed E-state index contributed by atoms with van der Waals surface area (Å²) < 4.78 is 0. The van der Waals surface area contributed by atoms with Gasteiger partial charge in [0.15, 0.2) is 0 Å². The summed E-state index contributed by atoms with van der Waals surface area (Å²) in [6, 6.07) is 7.02. The molecule has 1 saturated heterocycles. The largest absolute Gasteiger partial charge is 0.382 e. The molecule has 1 aliphatic rings. The summed E-state index contributed by atoms with van der Waals surface area (Å²) in [6.07, 6.45) is 5.09. The van der Waals surface area contributed by atoms with Gasteiger partial charge in [-0.3, -0.25) is 0 Å². The van der Waals surface area contributed by atoms with Gasteiger partial charge in [-0.1, -0.05) is 24.3 Å². The fraction of sp³-hybridized carbons (Fsp3) is 0.350. The normalized spacial score (nSPS) is 14.0. The van der Waals surface area contributed by atoms with Crippen molar-refractivity contribution in [3.8, 4) is 11.8 Å². The Morgan fingerprint density at radius 1 is 1.11 bits per heavy atom. The molecule has 0 spiro atoms. The topological polar surface area (TPSA) is 122 Å². The molecule has 3 rings (SSSR count). The first kappa shape index (κ1) is 19.5. The van der Waals surface area contributed by atoms with Gasteiger partial charge in [0, 0.05) is 24.3 Å². The number of piperidine rings is 1. The van der Waals surface area contributed by atoms with Crippen molar-refractivity contribution in [3.63, 3.8) is 0 Å². The van der Waals surface area contributed by atoms with Crippen molar-refractivity contribution in [2.45, 2.75) is 19.3 Å². The van der Waals surface area contributed by atoms with E-state index in [1.165, 1.54) is 25.6 Å². The molecule has 0 unspecified atom stereocenters. The quantitative estimate of drug-likeness (QED) is 0.599. The first-order valence-corrected chi connectivity index (χ1v) is 9.37. The maximum absolute atomic E-state index is 12.1. The van der Waals surface area contributed by atoms with Crippen LogP contribution < -0.4 is 22.1 Å². The third-order valence-corrected chi connectivity index (χ3v) is 4.52. The Labute approximate surface area is 164 Å². The third-order valence-electron chi connectivity index (χ3n) is 4.52. The van der Waals surface area contributed by atoms with Gasteiger partial charge in [-0.25, -0.2) is 14.8 Å². The minimum absolute atomic E-state index is 0.230. The Kier molecular flexibility index (Phi) is 6.65. The molecule has 8 heteroatoms. The van der Waals surface area contributed by atoms with E-state index in [2.05, 4.69) is 37.3 Å². The van der Waals surface area contributed by atoms with E-state index in [0.29, 0.717) is 23.4 Å². The Bertz CT molecular complexity index is 861. The van der Waals surface area contributed by atoms with E-state index < -0.39 is 0 Å². The van der Waals surface area contributed by atoms with Crippen LogP contribution in [0, 0.1) is 11.8 Å². The number of hydrogen-bond donors (Lipinski definition) is 4. The molecule has 146 valence electrons. The Hall–Kier alpha value is -3.31. The molecule has 0 radical (unpaired) electrons. The molecule has 0 bridgehead atoms. The van der Waals surface area contributed by atoms with Gasteiger partial charge in [0.1, 0.15) is 23.5 Å². The van der Waals surface area contributed by atoms with Gasteiger partial charge >= 0.3 is 6.03 Å². The molecular weight excluding hydrogens is 354 g/mol. The SMILES string of the molecule is Nc1ncnc(N)c1C#Cc1cccc(NC(=O)NCCN2CCCCC2)c1. The van der Waals surface area contributed by atoms with Gasteiger partial charge in [0.25, 0.3) is 0 Å². The zero-order valence-electron chi connectivity index (χ0n) is 15.7. The highest BCUT2D eigenvalue weighted by Crippen LogP contribution is 2.13. The summed E-state index contributed by atoms with van der Waals surface area (Å²) in [5.41, 5.74) is 13.3. The molecule has 0 atom stereocenters. The van der Waals surface area contributed by atoms with Gasteiger partial charge in [-0.15, -0.1) is 0 Å². The lowest BCUT2D eigenvalue weighted by Crippen LogP contribution is -2.39. The summed E-state index contributed by atoms with van der Waals surface area (Å²) in [5.74, 6) is 6.34. The Morgan fingerprint density at radius 3 is 2.61 bits per heavy atom. The van der Waals surface area contributed by atoms with Gasteiger partial charge in [0.2, 0.25) is 0 Å². The first-order valence-electron chi connectivity index (χ1n) is 9.37. The van der Waals surface area contributed by atoms with Crippen molar-refractivity contribution in [2.75, 3.05) is 43.0 Å². The maximum Gasteiger partial charge on any atom is 0.319 e. The highest BCUT2D eigenvalue weighted by atomic mass is 16.2. The fourth-order valence-electron chi connectivity index (χ4n) is 3.04. The van der Waals surface area contributed by atoms with E-state index in [4.69, 9.17) is 11.5 Å². The van der Waals surface area contributed by atoms with Crippen molar-refractivity contribution in [1.29, 1.82) is 0 Å². The van der Waals surface area contributed by atoms with Crippen molar-refractivity contribution in [2.24, 2.45) is 0 Å². The number of nitrogens with one attached hydrogen (secondary N) is 2. The lowest BCUT2D eigenvalue weighted by atomic mass is 10.1. The number of carbonyl (C=O) groups excluding carboxylic acids is 1. The fourth-order valence-corrected chi connectivity index (χ4v) is 3.04. The lowest BCUT2D eigenvalue weighted by molar-refractivity contribution is 0.224. The molecule has 0 aliphatic carbocycles. The highest BCUT2D eigenvalue weighted by Gasteiger charge is 2.10. The second-order valence-corrected chi connectivity index (χ2v) is 6.63. The van der Waals surface area contributed by atoms with Crippen LogP contribution in [0.2, 0.25) is 0 Å². The van der Waals surface area contributed by atoms with Crippen molar-refractivity contribution in [1.82, 2.24) is 20.2 Å². The molecule has 1 aliphatic heterocycles. The number of nitrogen functional groups attached to an aromatic ring is 2. The monoisotopic (exact) mass is 379 g/mol. The van der Waals surface area contributed by atoms with Crippen LogP contribution in [0.1, 0.15) is 30.4 Å². The smallest absolute Gasteiger partial charge is 0.319 e. The molecular formula is C20H25N7O. The third kappa shape index (κ3) is 5.59. The van der Waals surface area contributed by atoms with Crippen LogP contribution in [0.4, 0.5) is 22.1 Å². The lowest BCUT2D eigenvalue weighted by Gasteiger charge is -2.26. The average molecular weight is 379 g/mol. The second-order valence-electron chi connectivity index (χ2n) is 6.63. The molecule has 8 nitrogen and oxygen atoms in total. The Balaban J connectivity index is 1.54. The van der Waals surface area contributed by atoms with Crippen LogP contribution >= 0.6 is 0 Å². The number of aromatic nitrogens is 2. The molecule has 28 heavy (non-hydrogen) atoms. The van der Waals surface area contributed by atoms with Gasteiger partial charge in [-0.05, 0) is 44.1 Å². The Morgan fingerprint density at radius 2 is 1.86 bits per heavy atom. The first-order chi connectivity index (χ1) is 13.6. The molecule has 2 amide bonds. The number of carbonyl (C=O) groups is 1. The standard InChI is InChI=1S/C20H25N7O/c21-18-17(19(22)25-14-24-18)8-7-15-5-4-6-16(13-15)26-20(28)23-9-12-27-10-2-1-3-11-27/h4-6,13-14H,1-3,9-12H2,(H2,23,26,28)(H4,21,22,24,25). The van der Waals surface area contributed by atoms with Crippen LogP contribution in [0.15, 0.2) is 30.6 Å². The molecule has 6 N–H and O–H groups in total. The minimum Gasteiger partial charge on any atom is -0.382 e. The predicted molar refractivity (Wildman–Crippen MR) is 111 cm³/mol. The van der Waals surface area contributed by atoms with E-state index in [1.54, 1.807) is 6.07 Å². The van der Waals surface area contributed by atoms with Crippen LogP contribution in [0.5, 0.6) is 0 Å². The molecule has 1 fully saturated rings. The zero-order valence-corrected chi connectivity index (χ0v) is 15.7. The van der Waals surface area contributed by atoms with Crippen molar-refractivity contribution in [3.05, 3.63) is 41.7 Å². The van der Waals surface area contributed by atoms with E-state index in [9.17, 15) is 4.79 Å². The summed E-state index contributed by atoms with van der Waals surface area (Å²) in [6.45, 7) is 3.73. The van der Waals surface area contributed by atoms with Crippen LogP contribution in [0.3, 0.4) is 0 Å². The number of urea groups is 1. The second kappa shape index (κ2) is 9.58. The number of likely N-dealkylation sites (tertiary alicyclic amines) is 1. The number of nitrogens with zero attached hydrogens (tertiary/aromatic N) is 3. The van der Waals surface area contributed by atoms with Crippen molar-refractivity contribution < 1.29 is 4.79 Å². The van der Waals surface area contributed by atoms with Gasteiger partial charge in [-0.2, -0.15) is 0 Å². The summed E-state index contributed by atoms with van der Waals surface area (Å²) in [5, 5.41) is 5.72. The van der Waals surface area contributed by atoms with Crippen molar-refractivity contribution >= 4 is 23.4 Å². The molecule has 1 aromatic carbocycles.